The number of aromatic nitrogens is 4. The fourth-order valence-corrected chi connectivity index (χ4v) is 3.93. The molecule has 3 heterocycles. The third kappa shape index (κ3) is 4.18. The lowest BCUT2D eigenvalue weighted by atomic mass is 10.1. The number of imidazole rings is 1. The van der Waals surface area contributed by atoms with Crippen LogP contribution in [0.4, 0.5) is 0 Å². The second-order valence-electron chi connectivity index (χ2n) is 7.84. The highest BCUT2D eigenvalue weighted by atomic mass is 16.2. The molecule has 0 aliphatic carbocycles. The van der Waals surface area contributed by atoms with Gasteiger partial charge in [0.25, 0.3) is 5.56 Å². The van der Waals surface area contributed by atoms with Gasteiger partial charge in [-0.3, -0.25) is 19.2 Å². The van der Waals surface area contributed by atoms with E-state index in [1.807, 2.05) is 22.8 Å². The van der Waals surface area contributed by atoms with E-state index in [4.69, 9.17) is 4.98 Å². The molecule has 0 bridgehead atoms. The van der Waals surface area contributed by atoms with Crippen LogP contribution in [0.3, 0.4) is 0 Å². The molecule has 3 aromatic rings. The minimum absolute atomic E-state index is 0.361. The van der Waals surface area contributed by atoms with E-state index < -0.39 is 5.69 Å². The number of rotatable bonds is 6. The number of nitrogens with zero attached hydrogens (tertiary/aromatic N) is 5. The van der Waals surface area contributed by atoms with Gasteiger partial charge in [0.05, 0.1) is 6.54 Å². The van der Waals surface area contributed by atoms with Crippen LogP contribution in [0.25, 0.3) is 11.2 Å². The van der Waals surface area contributed by atoms with Gasteiger partial charge in [0, 0.05) is 39.8 Å². The summed E-state index contributed by atoms with van der Waals surface area (Å²) in [5.74, 6) is 0.851. The highest BCUT2D eigenvalue weighted by molar-refractivity contribution is 5.70. The Labute approximate surface area is 169 Å². The predicted molar refractivity (Wildman–Crippen MR) is 113 cm³/mol. The number of aromatic amines is 1. The maximum absolute atomic E-state index is 12.6. The molecule has 1 fully saturated rings. The number of aryl methyl sites for hydroxylation is 3. The Morgan fingerprint density at radius 2 is 1.76 bits per heavy atom. The number of hydrogen-bond acceptors (Lipinski definition) is 5. The number of fused-ring (bicyclic) bond motifs is 1. The van der Waals surface area contributed by atoms with Gasteiger partial charge in [0.15, 0.2) is 11.2 Å². The van der Waals surface area contributed by atoms with E-state index in [2.05, 4.69) is 34.0 Å². The van der Waals surface area contributed by atoms with Gasteiger partial charge in [0.2, 0.25) is 0 Å². The van der Waals surface area contributed by atoms with Gasteiger partial charge in [0.1, 0.15) is 5.82 Å². The van der Waals surface area contributed by atoms with Crippen LogP contribution in [0.2, 0.25) is 0 Å². The van der Waals surface area contributed by atoms with E-state index in [0.717, 1.165) is 44.8 Å². The smallest absolute Gasteiger partial charge is 0.321 e. The van der Waals surface area contributed by atoms with Crippen LogP contribution in [0.1, 0.15) is 17.8 Å². The SMILES string of the molecule is CN1CCN(Cc2nc3c(c(=O)[nH]c(=O)n3C)n2CCCc2ccccc2)CC1. The second-order valence-corrected chi connectivity index (χ2v) is 7.84. The van der Waals surface area contributed by atoms with Crippen molar-refractivity contribution in [1.82, 2.24) is 28.9 Å². The zero-order chi connectivity index (χ0) is 20.4. The van der Waals surface area contributed by atoms with Gasteiger partial charge in [-0.1, -0.05) is 30.3 Å². The molecule has 1 N–H and O–H groups in total. The van der Waals surface area contributed by atoms with Crippen molar-refractivity contribution in [3.8, 4) is 0 Å². The minimum Gasteiger partial charge on any atom is -0.321 e. The first-order valence-electron chi connectivity index (χ1n) is 10.2. The van der Waals surface area contributed by atoms with Gasteiger partial charge < -0.3 is 9.47 Å². The summed E-state index contributed by atoms with van der Waals surface area (Å²) in [6.45, 7) is 5.36. The van der Waals surface area contributed by atoms with Crippen molar-refractivity contribution in [1.29, 1.82) is 0 Å². The van der Waals surface area contributed by atoms with E-state index in [1.165, 1.54) is 10.1 Å². The summed E-state index contributed by atoms with van der Waals surface area (Å²) >= 11 is 0. The Bertz CT molecular complexity index is 1090. The number of likely N-dealkylation sites (N-methyl/N-ethyl adjacent to an activating group) is 1. The van der Waals surface area contributed by atoms with Crippen LogP contribution in [-0.2, 0) is 26.6 Å². The summed E-state index contributed by atoms with van der Waals surface area (Å²) in [6.07, 6.45) is 1.83. The quantitative estimate of drug-likeness (QED) is 0.667. The number of hydrogen-bond donors (Lipinski definition) is 1. The summed E-state index contributed by atoms with van der Waals surface area (Å²) < 4.78 is 3.44. The number of H-pyrrole nitrogens is 1. The summed E-state index contributed by atoms with van der Waals surface area (Å²) in [4.78, 5) is 36.5. The predicted octanol–water partition coefficient (Wildman–Crippen LogP) is 0.804. The zero-order valence-electron chi connectivity index (χ0n) is 17.1. The van der Waals surface area contributed by atoms with Crippen LogP contribution in [0, 0.1) is 0 Å². The first-order valence-corrected chi connectivity index (χ1v) is 10.2. The standard InChI is InChI=1S/C21H28N6O2/c1-24-11-13-26(14-12-24)15-17-22-19-18(20(28)23-21(29)25(19)2)27(17)10-6-9-16-7-4-3-5-8-16/h3-5,7-8H,6,9-15H2,1-2H3,(H,23,28,29). The molecule has 0 radical (unpaired) electrons. The van der Waals surface area contributed by atoms with Crippen molar-refractivity contribution in [2.75, 3.05) is 33.2 Å². The molecule has 8 heteroatoms. The Kier molecular flexibility index (Phi) is 5.64. The average molecular weight is 396 g/mol. The molecule has 0 amide bonds. The fourth-order valence-electron chi connectivity index (χ4n) is 3.93. The molecular weight excluding hydrogens is 368 g/mol. The van der Waals surface area contributed by atoms with Crippen molar-refractivity contribution >= 4 is 11.2 Å². The lowest BCUT2D eigenvalue weighted by Crippen LogP contribution is -2.44. The van der Waals surface area contributed by atoms with Crippen molar-refractivity contribution < 1.29 is 0 Å². The van der Waals surface area contributed by atoms with Crippen LogP contribution < -0.4 is 11.2 Å². The minimum atomic E-state index is -0.428. The Morgan fingerprint density at radius 3 is 2.48 bits per heavy atom. The molecule has 0 unspecified atom stereocenters. The van der Waals surface area contributed by atoms with E-state index >= 15 is 0 Å². The highest BCUT2D eigenvalue weighted by Gasteiger charge is 2.21. The van der Waals surface area contributed by atoms with Crippen LogP contribution in [0.5, 0.6) is 0 Å². The molecule has 154 valence electrons. The van der Waals surface area contributed by atoms with E-state index in [-0.39, 0.29) is 5.56 Å². The molecule has 4 rings (SSSR count). The molecule has 2 aromatic heterocycles. The molecule has 1 aromatic carbocycles. The number of piperazine rings is 1. The molecule has 0 saturated carbocycles. The molecule has 1 aliphatic heterocycles. The van der Waals surface area contributed by atoms with Crippen molar-refractivity contribution in [3.05, 3.63) is 62.6 Å². The van der Waals surface area contributed by atoms with Gasteiger partial charge in [-0.05, 0) is 25.5 Å². The maximum Gasteiger partial charge on any atom is 0.329 e. The van der Waals surface area contributed by atoms with Crippen LogP contribution in [0.15, 0.2) is 39.9 Å². The first kappa shape index (κ1) is 19.6. The van der Waals surface area contributed by atoms with E-state index in [1.54, 1.807) is 7.05 Å². The summed E-state index contributed by atoms with van der Waals surface area (Å²) in [6, 6.07) is 10.3. The molecule has 1 aliphatic rings. The lowest BCUT2D eigenvalue weighted by Gasteiger charge is -2.32. The second kappa shape index (κ2) is 8.34. The third-order valence-corrected chi connectivity index (χ3v) is 5.74. The van der Waals surface area contributed by atoms with Crippen molar-refractivity contribution in [3.63, 3.8) is 0 Å². The topological polar surface area (TPSA) is 79.2 Å². The average Bonchev–Trinajstić information content (AvgIpc) is 3.08. The molecule has 29 heavy (non-hydrogen) atoms. The summed E-state index contributed by atoms with van der Waals surface area (Å²) in [5.41, 5.74) is 1.44. The molecular formula is C21H28N6O2. The monoisotopic (exact) mass is 396 g/mol. The van der Waals surface area contributed by atoms with Crippen LogP contribution in [-0.4, -0.2) is 62.1 Å². The molecule has 0 atom stereocenters. The van der Waals surface area contributed by atoms with Gasteiger partial charge in [-0.25, -0.2) is 9.78 Å². The van der Waals surface area contributed by atoms with Crippen molar-refractivity contribution in [2.45, 2.75) is 25.9 Å². The summed E-state index contributed by atoms with van der Waals surface area (Å²) in [7, 11) is 3.78. The Hall–Kier alpha value is -2.71. The van der Waals surface area contributed by atoms with Crippen LogP contribution >= 0.6 is 0 Å². The van der Waals surface area contributed by atoms with E-state index in [9.17, 15) is 9.59 Å². The Balaban J connectivity index is 1.64. The third-order valence-electron chi connectivity index (χ3n) is 5.74. The fraction of sp³-hybridized carbons (Fsp3) is 0.476. The molecule has 8 nitrogen and oxygen atoms in total. The van der Waals surface area contributed by atoms with E-state index in [0.29, 0.717) is 24.3 Å². The Morgan fingerprint density at radius 1 is 1.03 bits per heavy atom. The molecule has 0 spiro atoms. The summed E-state index contributed by atoms with van der Waals surface area (Å²) in [5, 5.41) is 0. The largest absolute Gasteiger partial charge is 0.329 e. The van der Waals surface area contributed by atoms with Gasteiger partial charge in [-0.2, -0.15) is 0 Å². The van der Waals surface area contributed by atoms with Gasteiger partial charge >= 0.3 is 5.69 Å². The number of benzene rings is 1. The zero-order valence-corrected chi connectivity index (χ0v) is 17.1. The van der Waals surface area contributed by atoms with Crippen molar-refractivity contribution in [2.24, 2.45) is 7.05 Å². The lowest BCUT2D eigenvalue weighted by molar-refractivity contribution is 0.144. The molecule has 1 saturated heterocycles. The number of nitrogens with one attached hydrogen (secondary N) is 1. The van der Waals surface area contributed by atoms with Gasteiger partial charge in [-0.15, -0.1) is 0 Å². The maximum atomic E-state index is 12.6. The first-order chi connectivity index (χ1) is 14.0. The highest BCUT2D eigenvalue weighted by Crippen LogP contribution is 2.16. The normalized spacial score (nSPS) is 15.9.